The van der Waals surface area contributed by atoms with Crippen LogP contribution in [0.2, 0.25) is 0 Å². The number of nitrogens with one attached hydrogen (secondary N) is 1. The summed E-state index contributed by atoms with van der Waals surface area (Å²) in [5.41, 5.74) is 0.928. The molecule has 1 heterocycles. The summed E-state index contributed by atoms with van der Waals surface area (Å²) in [7, 11) is 1.19. The number of allylic oxidation sites excluding steroid dienone is 2. The van der Waals surface area contributed by atoms with E-state index in [1.54, 1.807) is 31.2 Å². The molecular formula is C22H23N3O4. The van der Waals surface area contributed by atoms with E-state index in [2.05, 4.69) is 11.4 Å². The van der Waals surface area contributed by atoms with E-state index in [1.807, 2.05) is 26.8 Å². The van der Waals surface area contributed by atoms with E-state index in [9.17, 15) is 20.1 Å². The molecule has 0 saturated heterocycles. The molecule has 1 aliphatic heterocycles. The third-order valence-electron chi connectivity index (χ3n) is 4.33. The molecule has 1 aromatic carbocycles. The van der Waals surface area contributed by atoms with Crippen molar-refractivity contribution < 1.29 is 19.1 Å². The molecule has 29 heavy (non-hydrogen) atoms. The number of dihydropyridines is 1. The summed E-state index contributed by atoms with van der Waals surface area (Å²) >= 11 is 0. The molecule has 0 saturated carbocycles. The Morgan fingerprint density at radius 2 is 1.76 bits per heavy atom. The lowest BCUT2D eigenvalue weighted by Crippen LogP contribution is -2.33. The number of rotatable bonds is 4. The van der Waals surface area contributed by atoms with E-state index >= 15 is 0 Å². The van der Waals surface area contributed by atoms with Crippen molar-refractivity contribution in [2.24, 2.45) is 5.41 Å². The Hall–Kier alpha value is -3.58. The first-order chi connectivity index (χ1) is 13.6. The van der Waals surface area contributed by atoms with Gasteiger partial charge in [0.25, 0.3) is 0 Å². The van der Waals surface area contributed by atoms with Gasteiger partial charge >= 0.3 is 11.9 Å². The zero-order valence-corrected chi connectivity index (χ0v) is 17.1. The van der Waals surface area contributed by atoms with Crippen LogP contribution in [0.25, 0.3) is 0 Å². The van der Waals surface area contributed by atoms with E-state index in [4.69, 9.17) is 9.47 Å². The minimum atomic E-state index is -0.971. The predicted octanol–water partition coefficient (Wildman–Crippen LogP) is 3.06. The summed E-state index contributed by atoms with van der Waals surface area (Å²) in [6, 6.07) is 10.7. The van der Waals surface area contributed by atoms with Gasteiger partial charge in [-0.05, 0) is 24.0 Å². The first-order valence-corrected chi connectivity index (χ1v) is 9.01. The van der Waals surface area contributed by atoms with Gasteiger partial charge < -0.3 is 14.8 Å². The average Bonchev–Trinajstić information content (AvgIpc) is 2.69. The van der Waals surface area contributed by atoms with Crippen molar-refractivity contribution in [1.82, 2.24) is 5.32 Å². The fraction of sp³-hybridized carbons (Fsp3) is 0.364. The number of methoxy groups -OCH3 is 1. The quantitative estimate of drug-likeness (QED) is 0.782. The maximum atomic E-state index is 13.0. The number of carbonyl (C=O) groups excluding carboxylic acids is 2. The van der Waals surface area contributed by atoms with Crippen LogP contribution in [0.3, 0.4) is 0 Å². The normalized spacial score (nSPS) is 16.4. The van der Waals surface area contributed by atoms with Crippen molar-refractivity contribution in [2.75, 3.05) is 13.7 Å². The first-order valence-electron chi connectivity index (χ1n) is 9.01. The molecule has 1 N–H and O–H groups in total. The van der Waals surface area contributed by atoms with Crippen LogP contribution in [-0.2, 0) is 19.1 Å². The monoisotopic (exact) mass is 393 g/mol. The van der Waals surface area contributed by atoms with E-state index in [0.29, 0.717) is 11.3 Å². The zero-order valence-electron chi connectivity index (χ0n) is 17.1. The Balaban J connectivity index is 2.71. The molecule has 7 heteroatoms. The van der Waals surface area contributed by atoms with Gasteiger partial charge in [0.15, 0.2) is 0 Å². The third-order valence-corrected chi connectivity index (χ3v) is 4.33. The van der Waals surface area contributed by atoms with E-state index in [0.717, 1.165) is 0 Å². The van der Waals surface area contributed by atoms with Gasteiger partial charge in [0.05, 0.1) is 42.4 Å². The van der Waals surface area contributed by atoms with E-state index in [1.165, 1.54) is 7.11 Å². The van der Waals surface area contributed by atoms with Gasteiger partial charge in [-0.15, -0.1) is 0 Å². The molecule has 7 nitrogen and oxygen atoms in total. The molecule has 1 aliphatic rings. The molecule has 0 fully saturated rings. The molecule has 0 radical (unpaired) electrons. The smallest absolute Gasteiger partial charge is 0.337 e. The van der Waals surface area contributed by atoms with Crippen molar-refractivity contribution in [3.8, 4) is 12.1 Å². The van der Waals surface area contributed by atoms with Gasteiger partial charge in [-0.2, -0.15) is 10.5 Å². The fourth-order valence-corrected chi connectivity index (χ4v) is 3.04. The number of carbonyl (C=O) groups is 2. The standard InChI is InChI=1S/C22H23N3O4/c1-13-17(21(27)29-12-22(2,3)4)18(15-9-7-6-8-14(15)10-23)19(20(26)28-5)16(11-24)25-13/h6-9,18,25H,12H2,1-5H3. The number of esters is 2. The minimum Gasteiger partial charge on any atom is -0.466 e. The largest absolute Gasteiger partial charge is 0.466 e. The number of nitrogens with zero attached hydrogens (tertiary/aromatic N) is 2. The summed E-state index contributed by atoms with van der Waals surface area (Å²) < 4.78 is 10.4. The van der Waals surface area contributed by atoms with Gasteiger partial charge in [-0.3, -0.25) is 0 Å². The lowest BCUT2D eigenvalue weighted by molar-refractivity contribution is -0.142. The van der Waals surface area contributed by atoms with Crippen molar-refractivity contribution in [1.29, 1.82) is 10.5 Å². The molecule has 0 amide bonds. The predicted molar refractivity (Wildman–Crippen MR) is 105 cm³/mol. The maximum Gasteiger partial charge on any atom is 0.337 e. The highest BCUT2D eigenvalue weighted by Gasteiger charge is 2.40. The van der Waals surface area contributed by atoms with Crippen molar-refractivity contribution in [3.63, 3.8) is 0 Å². The molecular weight excluding hydrogens is 370 g/mol. The molecule has 2 rings (SSSR count). The maximum absolute atomic E-state index is 13.0. The van der Waals surface area contributed by atoms with Gasteiger partial charge in [-0.1, -0.05) is 39.0 Å². The lowest BCUT2D eigenvalue weighted by atomic mass is 9.78. The Morgan fingerprint density at radius 3 is 2.31 bits per heavy atom. The second-order valence-corrected chi connectivity index (χ2v) is 7.82. The van der Waals surface area contributed by atoms with Gasteiger partial charge in [0.1, 0.15) is 11.8 Å². The molecule has 1 unspecified atom stereocenters. The highest BCUT2D eigenvalue weighted by Crippen LogP contribution is 2.40. The first kappa shape index (κ1) is 21.7. The zero-order chi connectivity index (χ0) is 21.8. The van der Waals surface area contributed by atoms with Gasteiger partial charge in [-0.25, -0.2) is 9.59 Å². The summed E-state index contributed by atoms with van der Waals surface area (Å²) in [5.74, 6) is -2.36. The number of hydrogen-bond acceptors (Lipinski definition) is 7. The summed E-state index contributed by atoms with van der Waals surface area (Å²) in [6.45, 7) is 7.57. The van der Waals surface area contributed by atoms with Gasteiger partial charge in [0, 0.05) is 5.70 Å². The highest BCUT2D eigenvalue weighted by molar-refractivity contribution is 6.00. The fourth-order valence-electron chi connectivity index (χ4n) is 3.04. The topological polar surface area (TPSA) is 112 Å². The molecule has 1 aromatic rings. The van der Waals surface area contributed by atoms with Crippen LogP contribution in [0.4, 0.5) is 0 Å². The van der Waals surface area contributed by atoms with Gasteiger partial charge in [0.2, 0.25) is 0 Å². The number of nitriles is 2. The molecule has 1 atom stereocenters. The van der Waals surface area contributed by atoms with Crippen molar-refractivity contribution in [2.45, 2.75) is 33.6 Å². The molecule has 0 bridgehead atoms. The molecule has 0 aliphatic carbocycles. The Kier molecular flexibility index (Phi) is 6.45. The third kappa shape index (κ3) is 4.64. The molecule has 0 spiro atoms. The van der Waals surface area contributed by atoms with Crippen LogP contribution in [0.15, 0.2) is 46.8 Å². The number of benzene rings is 1. The Morgan fingerprint density at radius 1 is 1.10 bits per heavy atom. The minimum absolute atomic E-state index is 0.0283. The SMILES string of the molecule is COC(=O)C1=C(C#N)NC(C)=C(C(=O)OCC(C)(C)C)C1c1ccccc1C#N. The van der Waals surface area contributed by atoms with Crippen molar-refractivity contribution in [3.05, 3.63) is 57.9 Å². The van der Waals surface area contributed by atoms with Crippen molar-refractivity contribution >= 4 is 11.9 Å². The van der Waals surface area contributed by atoms with Crippen LogP contribution in [-0.4, -0.2) is 25.7 Å². The van der Waals surface area contributed by atoms with Crippen LogP contribution >= 0.6 is 0 Å². The van der Waals surface area contributed by atoms with E-state index < -0.39 is 17.9 Å². The molecule has 150 valence electrons. The van der Waals surface area contributed by atoms with Crippen LogP contribution < -0.4 is 5.32 Å². The van der Waals surface area contributed by atoms with Crippen LogP contribution in [0.1, 0.15) is 44.7 Å². The highest BCUT2D eigenvalue weighted by atomic mass is 16.5. The van der Waals surface area contributed by atoms with Crippen LogP contribution in [0.5, 0.6) is 0 Å². The summed E-state index contributed by atoms with van der Waals surface area (Å²) in [5, 5.41) is 21.9. The van der Waals surface area contributed by atoms with Crippen LogP contribution in [0, 0.1) is 28.1 Å². The second-order valence-electron chi connectivity index (χ2n) is 7.82. The average molecular weight is 393 g/mol. The number of ether oxygens (including phenoxy) is 2. The molecule has 0 aromatic heterocycles. The summed E-state index contributed by atoms with van der Waals surface area (Å²) in [6.07, 6.45) is 0. The Labute approximate surface area is 170 Å². The number of hydrogen-bond donors (Lipinski definition) is 1. The Bertz CT molecular complexity index is 985. The summed E-state index contributed by atoms with van der Waals surface area (Å²) in [4.78, 5) is 25.6. The lowest BCUT2D eigenvalue weighted by Gasteiger charge is -2.30. The van der Waals surface area contributed by atoms with E-state index in [-0.39, 0.29) is 34.4 Å². The second kappa shape index (κ2) is 8.62.